The van der Waals surface area contributed by atoms with E-state index in [1.54, 1.807) is 24.3 Å². The number of benzene rings is 2. The Kier molecular flexibility index (Phi) is 6.84. The summed E-state index contributed by atoms with van der Waals surface area (Å²) < 4.78 is 0. The number of nitrogens with one attached hydrogen (secondary N) is 3. The second-order valence-electron chi connectivity index (χ2n) is 7.26. The molecule has 1 aliphatic carbocycles. The van der Waals surface area contributed by atoms with E-state index in [1.807, 2.05) is 30.3 Å². The number of hydrogen-bond acceptors (Lipinski definition) is 3. The SMILES string of the molecule is O=C(O)CCC(Cc1ccccc1)NC(=O)Nc1ccc(NC(=O)C2CC2)cc1. The maximum atomic E-state index is 12.4. The van der Waals surface area contributed by atoms with Crippen LogP contribution in [-0.2, 0) is 16.0 Å². The Balaban J connectivity index is 1.53. The smallest absolute Gasteiger partial charge is 0.319 e. The molecular formula is C22H25N3O4. The van der Waals surface area contributed by atoms with Crippen molar-refractivity contribution in [3.05, 3.63) is 60.2 Å². The first kappa shape index (κ1) is 20.4. The van der Waals surface area contributed by atoms with Gasteiger partial charge in [-0.25, -0.2) is 4.79 Å². The highest BCUT2D eigenvalue weighted by atomic mass is 16.4. The molecule has 0 bridgehead atoms. The molecule has 152 valence electrons. The highest BCUT2D eigenvalue weighted by Crippen LogP contribution is 2.30. The topological polar surface area (TPSA) is 108 Å². The Morgan fingerprint density at radius 3 is 2.14 bits per heavy atom. The van der Waals surface area contributed by atoms with Crippen molar-refractivity contribution >= 4 is 29.3 Å². The van der Waals surface area contributed by atoms with Gasteiger partial charge in [-0.3, -0.25) is 9.59 Å². The summed E-state index contributed by atoms with van der Waals surface area (Å²) >= 11 is 0. The van der Waals surface area contributed by atoms with Gasteiger partial charge in [0.2, 0.25) is 5.91 Å². The van der Waals surface area contributed by atoms with Crippen LogP contribution in [0.5, 0.6) is 0 Å². The molecule has 3 amide bonds. The number of hydrogen-bond donors (Lipinski definition) is 4. The zero-order chi connectivity index (χ0) is 20.6. The summed E-state index contributed by atoms with van der Waals surface area (Å²) in [6, 6.07) is 15.8. The van der Waals surface area contributed by atoms with Crippen molar-refractivity contribution in [3.63, 3.8) is 0 Å². The van der Waals surface area contributed by atoms with E-state index in [4.69, 9.17) is 5.11 Å². The summed E-state index contributed by atoms with van der Waals surface area (Å²) in [6.45, 7) is 0. The predicted octanol–water partition coefficient (Wildman–Crippen LogP) is 3.63. The number of amides is 3. The van der Waals surface area contributed by atoms with Crippen LogP contribution in [0.15, 0.2) is 54.6 Å². The van der Waals surface area contributed by atoms with Crippen molar-refractivity contribution in [3.8, 4) is 0 Å². The van der Waals surface area contributed by atoms with Gasteiger partial charge in [0.15, 0.2) is 0 Å². The third kappa shape index (κ3) is 6.95. The fourth-order valence-electron chi connectivity index (χ4n) is 3.00. The Bertz CT molecular complexity index is 848. The molecule has 0 radical (unpaired) electrons. The summed E-state index contributed by atoms with van der Waals surface area (Å²) in [4.78, 5) is 35.1. The Morgan fingerprint density at radius 1 is 0.931 bits per heavy atom. The van der Waals surface area contributed by atoms with Crippen LogP contribution in [0.1, 0.15) is 31.2 Å². The molecule has 2 aromatic carbocycles. The van der Waals surface area contributed by atoms with Gasteiger partial charge in [-0.2, -0.15) is 0 Å². The van der Waals surface area contributed by atoms with Crippen molar-refractivity contribution in [2.75, 3.05) is 10.6 Å². The highest BCUT2D eigenvalue weighted by Gasteiger charge is 2.29. The van der Waals surface area contributed by atoms with Gasteiger partial charge in [0.1, 0.15) is 0 Å². The molecule has 0 heterocycles. The molecule has 7 nitrogen and oxygen atoms in total. The molecule has 2 aromatic rings. The van der Waals surface area contributed by atoms with Crippen LogP contribution < -0.4 is 16.0 Å². The Labute approximate surface area is 169 Å². The number of rotatable bonds is 9. The molecular weight excluding hydrogens is 370 g/mol. The lowest BCUT2D eigenvalue weighted by molar-refractivity contribution is -0.137. The first-order valence-corrected chi connectivity index (χ1v) is 9.74. The van der Waals surface area contributed by atoms with Gasteiger partial charge in [0.25, 0.3) is 0 Å². The van der Waals surface area contributed by atoms with E-state index in [-0.39, 0.29) is 24.3 Å². The molecule has 3 rings (SSSR count). The number of carboxylic acids is 1. The quantitative estimate of drug-likeness (QED) is 0.520. The molecule has 0 aliphatic heterocycles. The minimum absolute atomic E-state index is 0.0207. The van der Waals surface area contributed by atoms with E-state index in [0.29, 0.717) is 24.2 Å². The molecule has 1 aliphatic rings. The van der Waals surface area contributed by atoms with Gasteiger partial charge in [0, 0.05) is 29.8 Å². The minimum atomic E-state index is -0.894. The molecule has 0 spiro atoms. The van der Waals surface area contributed by atoms with Gasteiger partial charge in [-0.15, -0.1) is 0 Å². The monoisotopic (exact) mass is 395 g/mol. The van der Waals surface area contributed by atoms with Crippen molar-refractivity contribution in [1.82, 2.24) is 5.32 Å². The highest BCUT2D eigenvalue weighted by molar-refractivity contribution is 5.94. The van der Waals surface area contributed by atoms with Crippen LogP contribution in [0, 0.1) is 5.92 Å². The predicted molar refractivity (Wildman–Crippen MR) is 111 cm³/mol. The Hall–Kier alpha value is -3.35. The summed E-state index contributed by atoms with van der Waals surface area (Å²) in [5.41, 5.74) is 2.30. The normalized spacial score (nSPS) is 13.9. The largest absolute Gasteiger partial charge is 0.481 e. The third-order valence-electron chi connectivity index (χ3n) is 4.73. The summed E-state index contributed by atoms with van der Waals surface area (Å²) in [5, 5.41) is 17.4. The van der Waals surface area contributed by atoms with Crippen LogP contribution in [0.25, 0.3) is 0 Å². The molecule has 0 aromatic heterocycles. The van der Waals surface area contributed by atoms with Crippen LogP contribution in [0.2, 0.25) is 0 Å². The van der Waals surface area contributed by atoms with Crippen molar-refractivity contribution < 1.29 is 19.5 Å². The summed E-state index contributed by atoms with van der Waals surface area (Å²) in [6.07, 6.45) is 2.75. The van der Waals surface area contributed by atoms with E-state index in [2.05, 4.69) is 16.0 Å². The second-order valence-corrected chi connectivity index (χ2v) is 7.26. The van der Waals surface area contributed by atoms with E-state index in [1.165, 1.54) is 0 Å². The summed E-state index contributed by atoms with van der Waals surface area (Å²) in [7, 11) is 0. The van der Waals surface area contributed by atoms with Gasteiger partial charge in [-0.05, 0) is 55.5 Å². The Morgan fingerprint density at radius 2 is 1.55 bits per heavy atom. The number of urea groups is 1. The second kappa shape index (κ2) is 9.73. The third-order valence-corrected chi connectivity index (χ3v) is 4.73. The van der Waals surface area contributed by atoms with Gasteiger partial charge >= 0.3 is 12.0 Å². The first-order valence-electron chi connectivity index (χ1n) is 9.74. The average Bonchev–Trinajstić information content (AvgIpc) is 3.54. The lowest BCUT2D eigenvalue weighted by Crippen LogP contribution is -2.39. The minimum Gasteiger partial charge on any atom is -0.481 e. The maximum absolute atomic E-state index is 12.4. The molecule has 0 saturated heterocycles. The zero-order valence-corrected chi connectivity index (χ0v) is 16.1. The molecule has 1 atom stereocenters. The van der Waals surface area contributed by atoms with Crippen LogP contribution >= 0.6 is 0 Å². The van der Waals surface area contributed by atoms with Gasteiger partial charge in [0.05, 0.1) is 0 Å². The number of aliphatic carboxylic acids is 1. The fraction of sp³-hybridized carbons (Fsp3) is 0.318. The van der Waals surface area contributed by atoms with Gasteiger partial charge in [-0.1, -0.05) is 30.3 Å². The van der Waals surface area contributed by atoms with Crippen LogP contribution in [0.3, 0.4) is 0 Å². The van der Waals surface area contributed by atoms with Gasteiger partial charge < -0.3 is 21.1 Å². The maximum Gasteiger partial charge on any atom is 0.319 e. The van der Waals surface area contributed by atoms with Crippen molar-refractivity contribution in [2.45, 2.75) is 38.1 Å². The van der Waals surface area contributed by atoms with E-state index < -0.39 is 12.0 Å². The molecule has 1 fully saturated rings. The standard InChI is InChI=1S/C22H25N3O4/c26-20(27)13-12-19(14-15-4-2-1-3-5-15)25-22(29)24-18-10-8-17(9-11-18)23-21(28)16-6-7-16/h1-5,8-11,16,19H,6-7,12-14H2,(H,23,28)(H,26,27)(H2,24,25,29). The average molecular weight is 395 g/mol. The van der Waals surface area contributed by atoms with Crippen molar-refractivity contribution in [1.29, 1.82) is 0 Å². The molecule has 1 saturated carbocycles. The molecule has 29 heavy (non-hydrogen) atoms. The van der Waals surface area contributed by atoms with Crippen molar-refractivity contribution in [2.24, 2.45) is 5.92 Å². The van der Waals surface area contributed by atoms with E-state index in [9.17, 15) is 14.4 Å². The molecule has 4 N–H and O–H groups in total. The van der Waals surface area contributed by atoms with Crippen LogP contribution in [-0.4, -0.2) is 29.1 Å². The lowest BCUT2D eigenvalue weighted by Gasteiger charge is -2.19. The fourth-order valence-corrected chi connectivity index (χ4v) is 3.00. The molecule has 7 heteroatoms. The number of carboxylic acid groups (broad SMARTS) is 1. The van der Waals surface area contributed by atoms with E-state index in [0.717, 1.165) is 18.4 Å². The van der Waals surface area contributed by atoms with Crippen LogP contribution in [0.4, 0.5) is 16.2 Å². The number of anilines is 2. The van der Waals surface area contributed by atoms with E-state index >= 15 is 0 Å². The number of carbonyl (C=O) groups is 3. The summed E-state index contributed by atoms with van der Waals surface area (Å²) in [5.74, 6) is -0.731. The molecule has 1 unspecified atom stereocenters. The first-order chi connectivity index (χ1) is 14.0. The zero-order valence-electron chi connectivity index (χ0n) is 16.1. The number of carbonyl (C=O) groups excluding carboxylic acids is 2. The lowest BCUT2D eigenvalue weighted by atomic mass is 10.0.